The predicted octanol–water partition coefficient (Wildman–Crippen LogP) is 0.733. The van der Waals surface area contributed by atoms with Gasteiger partial charge in [-0.15, -0.1) is 10.2 Å². The number of aromatic nitrogens is 5. The number of nitrogens with zero attached hydrogens (tertiary/aromatic N) is 5. The minimum absolute atomic E-state index is 0.230. The summed E-state index contributed by atoms with van der Waals surface area (Å²) in [6.45, 7) is 1.24. The predicted molar refractivity (Wildman–Crippen MR) is 86.5 cm³/mol. The molecule has 0 unspecified atom stereocenters. The number of carbonyl (C=O) groups excluding carboxylic acids is 1. The molecule has 0 atom stereocenters. The van der Waals surface area contributed by atoms with Gasteiger partial charge in [0, 0.05) is 25.4 Å². The minimum Gasteiger partial charge on any atom is -0.333 e. The van der Waals surface area contributed by atoms with Crippen LogP contribution in [-0.2, 0) is 19.5 Å². The van der Waals surface area contributed by atoms with Crippen LogP contribution >= 0.6 is 0 Å². The number of aryl methyl sites for hydroxylation is 1. The summed E-state index contributed by atoms with van der Waals surface area (Å²) in [6.07, 6.45) is 1.98. The Morgan fingerprint density at radius 2 is 2.08 bits per heavy atom. The van der Waals surface area contributed by atoms with E-state index in [-0.39, 0.29) is 17.2 Å². The second-order valence-electron chi connectivity index (χ2n) is 5.90. The molecule has 8 heteroatoms. The van der Waals surface area contributed by atoms with Gasteiger partial charge >= 0.3 is 0 Å². The molecule has 0 bridgehead atoms. The van der Waals surface area contributed by atoms with Gasteiger partial charge in [-0.3, -0.25) is 9.59 Å². The van der Waals surface area contributed by atoms with E-state index in [0.717, 1.165) is 31.0 Å². The Hall–Kier alpha value is -3.03. The van der Waals surface area contributed by atoms with E-state index in [0.29, 0.717) is 17.3 Å². The van der Waals surface area contributed by atoms with Crippen molar-refractivity contribution in [1.82, 2.24) is 29.9 Å². The van der Waals surface area contributed by atoms with Crippen molar-refractivity contribution in [3.8, 4) is 0 Å². The highest BCUT2D eigenvalue weighted by Gasteiger charge is 2.22. The Bertz CT molecular complexity index is 990. The van der Waals surface area contributed by atoms with Gasteiger partial charge in [0.2, 0.25) is 0 Å². The van der Waals surface area contributed by atoms with E-state index in [9.17, 15) is 9.59 Å². The highest BCUT2D eigenvalue weighted by atomic mass is 16.2. The zero-order valence-electron chi connectivity index (χ0n) is 13.2. The van der Waals surface area contributed by atoms with Crippen molar-refractivity contribution in [1.29, 1.82) is 0 Å². The van der Waals surface area contributed by atoms with Gasteiger partial charge in [0.15, 0.2) is 11.5 Å². The molecule has 0 fully saturated rings. The number of benzene rings is 1. The van der Waals surface area contributed by atoms with Crippen molar-refractivity contribution in [2.24, 2.45) is 0 Å². The average molecular weight is 324 g/mol. The SMILES string of the molecule is CN(Cc1nnc2n1CCC2)C(=O)c1n[nH]c(=O)c2ccccc12. The summed E-state index contributed by atoms with van der Waals surface area (Å²) in [4.78, 5) is 26.2. The van der Waals surface area contributed by atoms with Gasteiger partial charge in [-0.1, -0.05) is 18.2 Å². The number of fused-ring (bicyclic) bond motifs is 2. The molecule has 0 aliphatic carbocycles. The fraction of sp³-hybridized carbons (Fsp3) is 0.312. The first-order valence-corrected chi connectivity index (χ1v) is 7.79. The van der Waals surface area contributed by atoms with Crippen molar-refractivity contribution >= 4 is 16.7 Å². The largest absolute Gasteiger partial charge is 0.333 e. The second kappa shape index (κ2) is 5.55. The van der Waals surface area contributed by atoms with Gasteiger partial charge in [-0.2, -0.15) is 5.10 Å². The number of hydrogen-bond acceptors (Lipinski definition) is 5. The summed E-state index contributed by atoms with van der Waals surface area (Å²) in [5.41, 5.74) is -0.0751. The summed E-state index contributed by atoms with van der Waals surface area (Å²) in [7, 11) is 1.69. The molecule has 8 nitrogen and oxygen atoms in total. The molecule has 3 aromatic rings. The fourth-order valence-corrected chi connectivity index (χ4v) is 3.07. The zero-order chi connectivity index (χ0) is 16.7. The van der Waals surface area contributed by atoms with Crippen LogP contribution in [0.4, 0.5) is 0 Å². The molecule has 0 radical (unpaired) electrons. The number of aromatic amines is 1. The first kappa shape index (κ1) is 14.6. The number of H-pyrrole nitrogens is 1. The molecule has 0 saturated carbocycles. The lowest BCUT2D eigenvalue weighted by molar-refractivity contribution is 0.0775. The third-order valence-corrected chi connectivity index (χ3v) is 4.31. The van der Waals surface area contributed by atoms with Crippen molar-refractivity contribution in [3.63, 3.8) is 0 Å². The molecule has 1 aromatic carbocycles. The van der Waals surface area contributed by atoms with Gasteiger partial charge in [-0.25, -0.2) is 5.10 Å². The number of nitrogens with one attached hydrogen (secondary N) is 1. The summed E-state index contributed by atoms with van der Waals surface area (Å²) in [5.74, 6) is 1.48. The van der Waals surface area contributed by atoms with Crippen LogP contribution in [0.2, 0.25) is 0 Å². The van der Waals surface area contributed by atoms with E-state index in [4.69, 9.17) is 0 Å². The van der Waals surface area contributed by atoms with Crippen molar-refractivity contribution in [3.05, 3.63) is 52.0 Å². The lowest BCUT2D eigenvalue weighted by Gasteiger charge is -2.17. The summed E-state index contributed by atoms with van der Waals surface area (Å²) >= 11 is 0. The van der Waals surface area contributed by atoms with Crippen LogP contribution in [0.5, 0.6) is 0 Å². The Morgan fingerprint density at radius 3 is 2.92 bits per heavy atom. The molecule has 1 aliphatic heterocycles. The lowest BCUT2D eigenvalue weighted by atomic mass is 10.1. The lowest BCUT2D eigenvalue weighted by Crippen LogP contribution is -2.29. The summed E-state index contributed by atoms with van der Waals surface area (Å²) in [6, 6.07) is 6.95. The monoisotopic (exact) mass is 324 g/mol. The second-order valence-corrected chi connectivity index (χ2v) is 5.90. The Morgan fingerprint density at radius 1 is 1.29 bits per heavy atom. The molecular weight excluding hydrogens is 308 g/mol. The van der Waals surface area contributed by atoms with E-state index in [2.05, 4.69) is 25.0 Å². The van der Waals surface area contributed by atoms with Crippen LogP contribution in [0, 0.1) is 0 Å². The molecule has 1 aliphatic rings. The van der Waals surface area contributed by atoms with Gasteiger partial charge in [0.1, 0.15) is 5.82 Å². The molecule has 0 spiro atoms. The first-order chi connectivity index (χ1) is 11.6. The molecule has 4 rings (SSSR count). The topological polar surface area (TPSA) is 96.8 Å². The highest BCUT2D eigenvalue weighted by Crippen LogP contribution is 2.17. The van der Waals surface area contributed by atoms with E-state index < -0.39 is 0 Å². The van der Waals surface area contributed by atoms with Gasteiger partial charge in [0.25, 0.3) is 11.5 Å². The molecule has 24 heavy (non-hydrogen) atoms. The van der Waals surface area contributed by atoms with Gasteiger partial charge < -0.3 is 9.47 Å². The van der Waals surface area contributed by atoms with Gasteiger partial charge in [-0.05, 0) is 12.5 Å². The maximum Gasteiger partial charge on any atom is 0.275 e. The van der Waals surface area contributed by atoms with E-state index in [1.165, 1.54) is 0 Å². The molecular formula is C16H16N6O2. The van der Waals surface area contributed by atoms with Crippen LogP contribution in [0.25, 0.3) is 10.8 Å². The Balaban J connectivity index is 1.66. The average Bonchev–Trinajstić information content (AvgIpc) is 3.20. The van der Waals surface area contributed by atoms with Crippen molar-refractivity contribution < 1.29 is 4.79 Å². The molecule has 1 amide bonds. The molecule has 0 saturated heterocycles. The molecule has 2 aromatic heterocycles. The zero-order valence-corrected chi connectivity index (χ0v) is 13.2. The van der Waals surface area contributed by atoms with Crippen LogP contribution in [-0.4, -0.2) is 42.8 Å². The quantitative estimate of drug-likeness (QED) is 0.766. The van der Waals surface area contributed by atoms with Crippen LogP contribution in [0.15, 0.2) is 29.1 Å². The Kier molecular flexibility index (Phi) is 3.37. The first-order valence-electron chi connectivity index (χ1n) is 7.79. The highest BCUT2D eigenvalue weighted by molar-refractivity contribution is 6.04. The maximum atomic E-state index is 12.8. The van der Waals surface area contributed by atoms with Gasteiger partial charge in [0.05, 0.1) is 11.9 Å². The normalized spacial score (nSPS) is 13.2. The molecule has 3 heterocycles. The van der Waals surface area contributed by atoms with Crippen LogP contribution < -0.4 is 5.56 Å². The fourth-order valence-electron chi connectivity index (χ4n) is 3.07. The molecule has 122 valence electrons. The number of rotatable bonds is 3. The van der Waals surface area contributed by atoms with E-state index in [1.807, 2.05) is 0 Å². The van der Waals surface area contributed by atoms with Crippen molar-refractivity contribution in [2.75, 3.05) is 7.05 Å². The maximum absolute atomic E-state index is 12.8. The third kappa shape index (κ3) is 2.27. The Labute approximate surface area is 137 Å². The van der Waals surface area contributed by atoms with Crippen molar-refractivity contribution in [2.45, 2.75) is 25.9 Å². The van der Waals surface area contributed by atoms with E-state index in [1.54, 1.807) is 36.2 Å². The number of amides is 1. The van der Waals surface area contributed by atoms with Crippen LogP contribution in [0.1, 0.15) is 28.6 Å². The molecule has 1 N–H and O–H groups in total. The number of hydrogen-bond donors (Lipinski definition) is 1. The standard InChI is InChI=1S/C16H16N6O2/c1-21(9-13-18-17-12-7-4-8-22(12)13)16(24)14-10-5-2-3-6-11(10)15(23)20-19-14/h2-3,5-6H,4,7-9H2,1H3,(H,20,23). The minimum atomic E-state index is -0.305. The summed E-state index contributed by atoms with van der Waals surface area (Å²) < 4.78 is 2.06. The van der Waals surface area contributed by atoms with E-state index >= 15 is 0 Å². The smallest absolute Gasteiger partial charge is 0.275 e. The third-order valence-electron chi connectivity index (χ3n) is 4.31. The number of carbonyl (C=O) groups is 1. The summed E-state index contributed by atoms with van der Waals surface area (Å²) in [5, 5.41) is 15.7. The van der Waals surface area contributed by atoms with Crippen LogP contribution in [0.3, 0.4) is 0 Å².